The third-order valence-corrected chi connectivity index (χ3v) is 6.83. The smallest absolute Gasteiger partial charge is 0.304 e. The largest absolute Gasteiger partial charge is 0.451 e. The van der Waals surface area contributed by atoms with Crippen molar-refractivity contribution < 1.29 is 37.4 Å². The van der Waals surface area contributed by atoms with E-state index in [0.29, 0.717) is 11.3 Å². The molecule has 0 radical (unpaired) electrons. The van der Waals surface area contributed by atoms with Crippen molar-refractivity contribution in [3.05, 3.63) is 108 Å². The molecule has 0 aromatic heterocycles. The maximum atomic E-state index is 15.5. The lowest BCUT2D eigenvalue weighted by atomic mass is 10.0. The fourth-order valence-corrected chi connectivity index (χ4v) is 5.04. The molecular weight excluding hydrogens is 546 g/mol. The van der Waals surface area contributed by atoms with Gasteiger partial charge in [0, 0.05) is 36.2 Å². The van der Waals surface area contributed by atoms with E-state index in [9.17, 15) is 19.2 Å². The number of alkyl halides is 2. The molecule has 0 fully saturated rings. The number of hydrogen-bond acceptors (Lipinski definition) is 6. The van der Waals surface area contributed by atoms with Crippen LogP contribution in [0.4, 0.5) is 20.2 Å². The van der Waals surface area contributed by atoms with E-state index < -0.39 is 42.5 Å². The molecular formula is C32H26F2N2O6. The molecule has 1 N–H and O–H groups in total. The minimum Gasteiger partial charge on any atom is -0.451 e. The SMILES string of the molecule is CC(=O)OC1CC(F)(F)C(OC(C)=O)c2ccccc2N1C(=O)c1ccc(NC(=O)c2cccc3ccccc23)cc1. The molecule has 42 heavy (non-hydrogen) atoms. The van der Waals surface area contributed by atoms with Crippen LogP contribution in [0.5, 0.6) is 0 Å². The summed E-state index contributed by atoms with van der Waals surface area (Å²) in [4.78, 5) is 51.5. The first-order valence-electron chi connectivity index (χ1n) is 13.1. The van der Waals surface area contributed by atoms with Gasteiger partial charge in [-0.1, -0.05) is 54.6 Å². The van der Waals surface area contributed by atoms with Crippen LogP contribution in [0, 0.1) is 0 Å². The Morgan fingerprint density at radius 2 is 1.45 bits per heavy atom. The Kier molecular flexibility index (Phi) is 7.71. The van der Waals surface area contributed by atoms with Gasteiger partial charge in [-0.15, -0.1) is 0 Å². The van der Waals surface area contributed by atoms with Gasteiger partial charge in [0.05, 0.1) is 12.1 Å². The number of nitrogens with zero attached hydrogens (tertiary/aromatic N) is 1. The zero-order valence-corrected chi connectivity index (χ0v) is 22.7. The normalized spacial score (nSPS) is 17.5. The van der Waals surface area contributed by atoms with E-state index in [2.05, 4.69) is 5.32 Å². The van der Waals surface area contributed by atoms with Gasteiger partial charge in [0.25, 0.3) is 17.7 Å². The standard InChI is InChI=1S/C32H26F2N2O6/c1-19(37)41-28-18-32(33,34)29(42-20(2)38)26-11-5-6-13-27(26)36(28)31(40)22-14-16-23(17-15-22)35-30(39)25-12-7-9-21-8-3-4-10-24(21)25/h3-17,28-29H,18H2,1-2H3,(H,35,39). The quantitative estimate of drug-likeness (QED) is 0.283. The molecule has 10 heteroatoms. The number of fused-ring (bicyclic) bond motifs is 2. The third-order valence-electron chi connectivity index (χ3n) is 6.83. The molecule has 0 bridgehead atoms. The number of rotatable bonds is 5. The minimum absolute atomic E-state index is 0.00510. The molecule has 8 nitrogen and oxygen atoms in total. The first-order valence-corrected chi connectivity index (χ1v) is 13.1. The van der Waals surface area contributed by atoms with Crippen LogP contribution in [0.15, 0.2) is 91.0 Å². The summed E-state index contributed by atoms with van der Waals surface area (Å²) in [6, 6.07) is 24.5. The molecule has 1 heterocycles. The molecule has 0 saturated heterocycles. The van der Waals surface area contributed by atoms with Crippen LogP contribution in [0.2, 0.25) is 0 Å². The number of anilines is 2. The van der Waals surface area contributed by atoms with E-state index >= 15 is 8.78 Å². The van der Waals surface area contributed by atoms with Crippen molar-refractivity contribution in [3.8, 4) is 0 Å². The molecule has 0 saturated carbocycles. The fourth-order valence-electron chi connectivity index (χ4n) is 5.04. The lowest BCUT2D eigenvalue weighted by Crippen LogP contribution is -2.45. The highest BCUT2D eigenvalue weighted by atomic mass is 19.3. The molecule has 0 spiro atoms. The highest BCUT2D eigenvalue weighted by Gasteiger charge is 2.52. The topological polar surface area (TPSA) is 102 Å². The van der Waals surface area contributed by atoms with Crippen LogP contribution in [-0.4, -0.2) is 35.9 Å². The average Bonchev–Trinajstić information content (AvgIpc) is 3.04. The lowest BCUT2D eigenvalue weighted by molar-refractivity contribution is -0.181. The van der Waals surface area contributed by atoms with E-state index in [1.165, 1.54) is 48.5 Å². The predicted octanol–water partition coefficient (Wildman–Crippen LogP) is 6.27. The molecule has 0 aliphatic carbocycles. The summed E-state index contributed by atoms with van der Waals surface area (Å²) < 4.78 is 41.2. The number of benzene rings is 4. The summed E-state index contributed by atoms with van der Waals surface area (Å²) in [5, 5.41) is 4.50. The summed E-state index contributed by atoms with van der Waals surface area (Å²) in [7, 11) is 0. The third kappa shape index (κ3) is 5.69. The molecule has 2 atom stereocenters. The zero-order valence-electron chi connectivity index (χ0n) is 22.7. The van der Waals surface area contributed by atoms with E-state index in [1.807, 2.05) is 30.3 Å². The average molecular weight is 573 g/mol. The summed E-state index contributed by atoms with van der Waals surface area (Å²) in [6.07, 6.45) is -4.81. The Morgan fingerprint density at radius 1 is 0.810 bits per heavy atom. The Labute approximate surface area is 239 Å². The molecule has 4 aromatic rings. The van der Waals surface area contributed by atoms with Crippen molar-refractivity contribution >= 4 is 45.9 Å². The van der Waals surface area contributed by atoms with Crippen LogP contribution >= 0.6 is 0 Å². The second-order valence-electron chi connectivity index (χ2n) is 9.81. The molecule has 1 aliphatic heterocycles. The second kappa shape index (κ2) is 11.4. The Bertz CT molecular complexity index is 1680. The highest BCUT2D eigenvalue weighted by molar-refractivity contribution is 6.13. The summed E-state index contributed by atoms with van der Waals surface area (Å²) >= 11 is 0. The Balaban J connectivity index is 1.47. The second-order valence-corrected chi connectivity index (χ2v) is 9.81. The van der Waals surface area contributed by atoms with Crippen LogP contribution in [0.3, 0.4) is 0 Å². The fraction of sp³-hybridized carbons (Fsp3) is 0.188. The van der Waals surface area contributed by atoms with Crippen LogP contribution in [0.25, 0.3) is 10.8 Å². The highest BCUT2D eigenvalue weighted by Crippen LogP contribution is 2.47. The summed E-state index contributed by atoms with van der Waals surface area (Å²) in [5.41, 5.74) is 0.852. The number of amides is 2. The van der Waals surface area contributed by atoms with Gasteiger partial charge in [0.2, 0.25) is 0 Å². The summed E-state index contributed by atoms with van der Waals surface area (Å²) in [5.74, 6) is -6.56. The van der Waals surface area contributed by atoms with Gasteiger partial charge in [0.1, 0.15) is 0 Å². The van der Waals surface area contributed by atoms with Crippen LogP contribution < -0.4 is 10.2 Å². The Morgan fingerprint density at radius 3 is 2.17 bits per heavy atom. The van der Waals surface area contributed by atoms with Gasteiger partial charge in [-0.3, -0.25) is 24.1 Å². The van der Waals surface area contributed by atoms with Gasteiger partial charge in [0.15, 0.2) is 12.3 Å². The maximum Gasteiger partial charge on any atom is 0.304 e. The number of ether oxygens (including phenoxy) is 2. The molecule has 5 rings (SSSR count). The van der Waals surface area contributed by atoms with E-state index in [4.69, 9.17) is 9.47 Å². The van der Waals surface area contributed by atoms with Gasteiger partial charge in [-0.05, 0) is 47.2 Å². The molecule has 214 valence electrons. The van der Waals surface area contributed by atoms with Gasteiger partial charge >= 0.3 is 11.9 Å². The van der Waals surface area contributed by atoms with Crippen molar-refractivity contribution in [2.75, 3.05) is 10.2 Å². The minimum atomic E-state index is -3.67. The molecule has 4 aromatic carbocycles. The first kappa shape index (κ1) is 28.4. The molecule has 1 aliphatic rings. The van der Waals surface area contributed by atoms with Crippen molar-refractivity contribution in [3.63, 3.8) is 0 Å². The van der Waals surface area contributed by atoms with E-state index in [-0.39, 0.29) is 22.7 Å². The number of halogens is 2. The van der Waals surface area contributed by atoms with Gasteiger partial charge in [-0.2, -0.15) is 0 Å². The number of esters is 2. The monoisotopic (exact) mass is 572 g/mol. The van der Waals surface area contributed by atoms with Gasteiger partial charge in [-0.25, -0.2) is 8.78 Å². The summed E-state index contributed by atoms with van der Waals surface area (Å²) in [6.45, 7) is 2.06. The first-order chi connectivity index (χ1) is 20.0. The Hall–Kier alpha value is -5.12. The zero-order chi connectivity index (χ0) is 30.0. The number of hydrogen-bond donors (Lipinski definition) is 1. The maximum absolute atomic E-state index is 15.5. The lowest BCUT2D eigenvalue weighted by Gasteiger charge is -2.31. The van der Waals surface area contributed by atoms with Gasteiger partial charge < -0.3 is 14.8 Å². The number of carbonyl (C=O) groups is 4. The molecule has 2 unspecified atom stereocenters. The predicted molar refractivity (Wildman–Crippen MR) is 151 cm³/mol. The van der Waals surface area contributed by atoms with E-state index in [0.717, 1.165) is 29.5 Å². The number of nitrogens with one attached hydrogen (secondary N) is 1. The van der Waals surface area contributed by atoms with Crippen molar-refractivity contribution in [2.24, 2.45) is 0 Å². The van der Waals surface area contributed by atoms with Crippen molar-refractivity contribution in [1.29, 1.82) is 0 Å². The van der Waals surface area contributed by atoms with Crippen LogP contribution in [-0.2, 0) is 19.1 Å². The number of carbonyl (C=O) groups excluding carboxylic acids is 4. The number of para-hydroxylation sites is 1. The molecule has 2 amide bonds. The van der Waals surface area contributed by atoms with E-state index in [1.54, 1.807) is 12.1 Å². The van der Waals surface area contributed by atoms with Crippen molar-refractivity contribution in [2.45, 2.75) is 38.5 Å². The van der Waals surface area contributed by atoms with Crippen molar-refractivity contribution in [1.82, 2.24) is 0 Å². The van der Waals surface area contributed by atoms with Crippen LogP contribution in [0.1, 0.15) is 52.7 Å².